The fourth-order valence-electron chi connectivity index (χ4n) is 2.01. The maximum Gasteiger partial charge on any atom is 0.0106 e. The average Bonchev–Trinajstić information content (AvgIpc) is 2.12. The number of hydrogen-bond donors (Lipinski definition) is 0. The van der Waals surface area contributed by atoms with Crippen molar-refractivity contribution in [3.8, 4) is 0 Å². The first-order valence-corrected chi connectivity index (χ1v) is 5.37. The minimum Gasteiger partial charge on any atom is -0.305 e. The fourth-order valence-corrected chi connectivity index (χ4v) is 2.01. The molecule has 2 nitrogen and oxygen atoms in total. The summed E-state index contributed by atoms with van der Waals surface area (Å²) >= 11 is 0. The summed E-state index contributed by atoms with van der Waals surface area (Å²) in [5, 5.41) is 0. The highest BCUT2D eigenvalue weighted by Crippen LogP contribution is 2.19. The molecule has 0 aromatic heterocycles. The highest BCUT2D eigenvalue weighted by molar-refractivity contribution is 4.79. The Morgan fingerprint density at radius 1 is 0.846 bits per heavy atom. The van der Waals surface area contributed by atoms with Gasteiger partial charge in [-0.15, -0.1) is 0 Å². The van der Waals surface area contributed by atoms with Gasteiger partial charge in [-0.05, 0) is 19.5 Å². The second-order valence-electron chi connectivity index (χ2n) is 4.64. The fraction of sp³-hybridized carbons (Fsp3) is 1.00. The number of hydrogen-bond acceptors (Lipinski definition) is 2. The molecule has 0 aromatic carbocycles. The van der Waals surface area contributed by atoms with E-state index in [0.717, 1.165) is 0 Å². The lowest BCUT2D eigenvalue weighted by molar-refractivity contribution is 0.215. The normalized spacial score (nSPS) is 24.5. The van der Waals surface area contributed by atoms with Crippen LogP contribution in [-0.4, -0.2) is 50.1 Å². The van der Waals surface area contributed by atoms with E-state index in [1.54, 1.807) is 0 Å². The molecular weight excluding hydrogens is 160 g/mol. The molecule has 0 unspecified atom stereocenters. The predicted octanol–water partition coefficient (Wildman–Crippen LogP) is 1.92. The number of likely N-dealkylation sites (N-methyl/N-ethyl adjacent to an activating group) is 2. The molecule has 0 bridgehead atoms. The Morgan fingerprint density at radius 3 is 1.46 bits per heavy atom. The highest BCUT2D eigenvalue weighted by Gasteiger charge is 2.24. The average molecular weight is 186 g/mol. The maximum atomic E-state index is 2.42. The van der Waals surface area contributed by atoms with Gasteiger partial charge < -0.3 is 9.80 Å². The van der Waals surface area contributed by atoms with E-state index in [9.17, 15) is 0 Å². The van der Waals surface area contributed by atoms with Crippen LogP contribution in [0.4, 0.5) is 0 Å². The van der Waals surface area contributed by atoms with Crippen molar-refractivity contribution >= 4 is 0 Å². The molecule has 0 N–H and O–H groups in total. The summed E-state index contributed by atoms with van der Waals surface area (Å²) in [6.07, 6.45) is 0. The minimum atomic E-state index is 0.458. The molecule has 13 heavy (non-hydrogen) atoms. The van der Waals surface area contributed by atoms with Crippen LogP contribution in [0.2, 0.25) is 0 Å². The third-order valence-corrected chi connectivity index (χ3v) is 2.26. The summed E-state index contributed by atoms with van der Waals surface area (Å²) in [7, 11) is 4.42. The zero-order valence-corrected chi connectivity index (χ0v) is 10.2. The molecule has 1 rings (SSSR count). The second-order valence-corrected chi connectivity index (χ2v) is 4.64. The zero-order valence-electron chi connectivity index (χ0n) is 10.2. The van der Waals surface area contributed by atoms with Gasteiger partial charge in [-0.3, -0.25) is 0 Å². The van der Waals surface area contributed by atoms with Crippen LogP contribution in [-0.2, 0) is 0 Å². The molecule has 1 saturated heterocycles. The van der Waals surface area contributed by atoms with Gasteiger partial charge in [0, 0.05) is 26.2 Å². The molecule has 0 aliphatic carbocycles. The predicted molar refractivity (Wildman–Crippen MR) is 60.1 cm³/mol. The Kier molecular flexibility index (Phi) is 5.57. The van der Waals surface area contributed by atoms with Crippen LogP contribution in [0.3, 0.4) is 0 Å². The molecule has 0 atom stereocenters. The van der Waals surface area contributed by atoms with Crippen molar-refractivity contribution in [2.75, 3.05) is 40.3 Å². The smallest absolute Gasteiger partial charge is 0.0106 e. The van der Waals surface area contributed by atoms with Crippen LogP contribution in [0.1, 0.15) is 27.7 Å². The van der Waals surface area contributed by atoms with Gasteiger partial charge in [0.25, 0.3) is 0 Å². The molecular formula is C11H26N2. The Morgan fingerprint density at radius 2 is 1.15 bits per heavy atom. The van der Waals surface area contributed by atoms with Crippen LogP contribution in [0.5, 0.6) is 0 Å². The molecule has 0 saturated carbocycles. The maximum absolute atomic E-state index is 2.42. The molecule has 0 aromatic rings. The van der Waals surface area contributed by atoms with Crippen LogP contribution < -0.4 is 0 Å². The lowest BCUT2D eigenvalue weighted by Crippen LogP contribution is -2.33. The third-order valence-electron chi connectivity index (χ3n) is 2.26. The van der Waals surface area contributed by atoms with Gasteiger partial charge in [0.15, 0.2) is 0 Å². The molecule has 1 heterocycles. The van der Waals surface area contributed by atoms with E-state index in [-0.39, 0.29) is 0 Å². The molecule has 80 valence electrons. The summed E-state index contributed by atoms with van der Waals surface area (Å²) in [6, 6.07) is 0. The quantitative estimate of drug-likeness (QED) is 0.570. The summed E-state index contributed by atoms with van der Waals surface area (Å²) in [6.45, 7) is 13.5. The topological polar surface area (TPSA) is 6.48 Å². The molecule has 1 aliphatic heterocycles. The highest BCUT2D eigenvalue weighted by atomic mass is 15.2. The number of rotatable bonds is 0. The summed E-state index contributed by atoms with van der Waals surface area (Å²) < 4.78 is 0. The van der Waals surface area contributed by atoms with Crippen molar-refractivity contribution in [2.45, 2.75) is 27.7 Å². The van der Waals surface area contributed by atoms with Gasteiger partial charge in [0.05, 0.1) is 0 Å². The Bertz CT molecular complexity index is 118. The van der Waals surface area contributed by atoms with E-state index >= 15 is 0 Å². The van der Waals surface area contributed by atoms with E-state index in [2.05, 4.69) is 37.7 Å². The summed E-state index contributed by atoms with van der Waals surface area (Å²) in [5.74, 6) is 0. The van der Waals surface area contributed by atoms with Gasteiger partial charge in [0.1, 0.15) is 0 Å². The lowest BCUT2D eigenvalue weighted by atomic mass is 9.93. The Balaban J connectivity index is 0.000000671. The van der Waals surface area contributed by atoms with E-state index < -0.39 is 0 Å². The summed E-state index contributed by atoms with van der Waals surface area (Å²) in [5.41, 5.74) is 0.458. The molecule has 2 heteroatoms. The van der Waals surface area contributed by atoms with Crippen molar-refractivity contribution in [3.63, 3.8) is 0 Å². The van der Waals surface area contributed by atoms with Gasteiger partial charge in [-0.25, -0.2) is 0 Å². The Hall–Kier alpha value is -0.0800. The molecule has 0 radical (unpaired) electrons. The Labute approximate surface area is 83.9 Å². The van der Waals surface area contributed by atoms with Crippen molar-refractivity contribution < 1.29 is 0 Å². The monoisotopic (exact) mass is 186 g/mol. The van der Waals surface area contributed by atoms with Crippen LogP contribution in [0, 0.1) is 5.41 Å². The zero-order chi connectivity index (χ0) is 10.5. The van der Waals surface area contributed by atoms with Gasteiger partial charge in [0.2, 0.25) is 0 Å². The molecule has 1 aliphatic rings. The molecule has 0 amide bonds. The van der Waals surface area contributed by atoms with E-state index in [1.807, 2.05) is 13.8 Å². The third kappa shape index (κ3) is 5.27. The first-order valence-electron chi connectivity index (χ1n) is 5.37. The van der Waals surface area contributed by atoms with E-state index in [4.69, 9.17) is 0 Å². The van der Waals surface area contributed by atoms with Crippen LogP contribution in [0.25, 0.3) is 0 Å². The molecule has 0 spiro atoms. The largest absolute Gasteiger partial charge is 0.305 e. The summed E-state index contributed by atoms with van der Waals surface area (Å²) in [4.78, 5) is 4.84. The minimum absolute atomic E-state index is 0.458. The lowest BCUT2D eigenvalue weighted by Gasteiger charge is -2.27. The standard InChI is InChI=1S/C9H20N2.C2H6/c1-9(2)7-10(3)5-6-11(4)8-9;1-2/h5-8H2,1-4H3;1-2H3. The van der Waals surface area contributed by atoms with Crippen molar-refractivity contribution in [1.29, 1.82) is 0 Å². The number of nitrogens with zero attached hydrogens (tertiary/aromatic N) is 2. The SMILES string of the molecule is CC.CN1CCN(C)CC(C)(C)C1. The van der Waals surface area contributed by atoms with Crippen molar-refractivity contribution in [1.82, 2.24) is 9.80 Å². The van der Waals surface area contributed by atoms with Crippen molar-refractivity contribution in [3.05, 3.63) is 0 Å². The van der Waals surface area contributed by atoms with Gasteiger partial charge in [-0.1, -0.05) is 27.7 Å². The van der Waals surface area contributed by atoms with Crippen LogP contribution >= 0.6 is 0 Å². The van der Waals surface area contributed by atoms with E-state index in [0.29, 0.717) is 5.41 Å². The van der Waals surface area contributed by atoms with Crippen LogP contribution in [0.15, 0.2) is 0 Å². The first kappa shape index (κ1) is 12.9. The van der Waals surface area contributed by atoms with Gasteiger partial charge in [-0.2, -0.15) is 0 Å². The van der Waals surface area contributed by atoms with E-state index in [1.165, 1.54) is 26.2 Å². The van der Waals surface area contributed by atoms with Gasteiger partial charge >= 0.3 is 0 Å². The molecule has 1 fully saturated rings. The first-order chi connectivity index (χ1) is 5.99. The second kappa shape index (κ2) is 5.61. The van der Waals surface area contributed by atoms with Crippen molar-refractivity contribution in [2.24, 2.45) is 5.41 Å².